The summed E-state index contributed by atoms with van der Waals surface area (Å²) in [6, 6.07) is 10.7. The molecule has 0 amide bonds. The summed E-state index contributed by atoms with van der Waals surface area (Å²) in [6.07, 6.45) is 1.12. The lowest BCUT2D eigenvalue weighted by Crippen LogP contribution is -2.41. The van der Waals surface area contributed by atoms with Gasteiger partial charge in [0.05, 0.1) is 0 Å². The minimum Gasteiger partial charge on any atom is -0.417 e. The SMILES string of the molecule is CCN(CCCO[Si](C)(C)C(C)(C)C)Cc1ccccc1. The van der Waals surface area contributed by atoms with Crippen LogP contribution in [-0.4, -0.2) is 32.9 Å². The molecule has 0 bridgehead atoms. The van der Waals surface area contributed by atoms with Crippen molar-refractivity contribution in [1.82, 2.24) is 4.90 Å². The molecule has 1 aromatic rings. The molecule has 0 radical (unpaired) electrons. The van der Waals surface area contributed by atoms with Gasteiger partial charge < -0.3 is 4.43 Å². The van der Waals surface area contributed by atoms with Crippen LogP contribution in [0.15, 0.2) is 30.3 Å². The van der Waals surface area contributed by atoms with Gasteiger partial charge in [-0.05, 0) is 36.7 Å². The van der Waals surface area contributed by atoms with E-state index in [0.29, 0.717) is 5.04 Å². The standard InChI is InChI=1S/C18H33NOSi/c1-7-19(16-17-12-9-8-10-13-17)14-11-15-20-21(5,6)18(2,3)4/h8-10,12-13H,7,11,14-16H2,1-6H3. The second-order valence-electron chi connectivity index (χ2n) is 7.32. The van der Waals surface area contributed by atoms with Gasteiger partial charge >= 0.3 is 0 Å². The summed E-state index contributed by atoms with van der Waals surface area (Å²) in [5.41, 5.74) is 1.39. The molecule has 0 N–H and O–H groups in total. The Morgan fingerprint density at radius 1 is 1.10 bits per heavy atom. The first-order valence-corrected chi connectivity index (χ1v) is 11.1. The average molecular weight is 308 g/mol. The Kier molecular flexibility index (Phi) is 7.11. The van der Waals surface area contributed by atoms with Gasteiger partial charge in [0.15, 0.2) is 8.32 Å². The number of rotatable bonds is 8. The zero-order valence-electron chi connectivity index (χ0n) is 14.8. The zero-order valence-corrected chi connectivity index (χ0v) is 15.8. The number of hydrogen-bond donors (Lipinski definition) is 0. The van der Waals surface area contributed by atoms with E-state index in [1.165, 1.54) is 5.56 Å². The second kappa shape index (κ2) is 8.11. The molecule has 0 unspecified atom stereocenters. The molecule has 0 aromatic heterocycles. The summed E-state index contributed by atoms with van der Waals surface area (Å²) in [7, 11) is -1.58. The Hall–Kier alpha value is -0.643. The normalized spacial score (nSPS) is 12.9. The molecule has 0 spiro atoms. The van der Waals surface area contributed by atoms with E-state index < -0.39 is 8.32 Å². The van der Waals surface area contributed by atoms with Gasteiger partial charge in [-0.1, -0.05) is 58.0 Å². The summed E-state index contributed by atoms with van der Waals surface area (Å²) in [5.74, 6) is 0. The molecule has 2 nitrogen and oxygen atoms in total. The first-order valence-electron chi connectivity index (χ1n) is 8.16. The molecule has 0 heterocycles. The van der Waals surface area contributed by atoms with E-state index >= 15 is 0 Å². The van der Waals surface area contributed by atoms with Crippen molar-refractivity contribution in [2.45, 2.75) is 58.8 Å². The van der Waals surface area contributed by atoms with Crippen LogP contribution < -0.4 is 0 Å². The van der Waals surface area contributed by atoms with Gasteiger partial charge in [0, 0.05) is 19.7 Å². The van der Waals surface area contributed by atoms with Crippen molar-refractivity contribution in [2.75, 3.05) is 19.7 Å². The summed E-state index contributed by atoms with van der Waals surface area (Å²) < 4.78 is 6.25. The molecule has 120 valence electrons. The molecule has 0 atom stereocenters. The molecule has 0 aliphatic rings. The van der Waals surface area contributed by atoms with Crippen LogP contribution in [-0.2, 0) is 11.0 Å². The third kappa shape index (κ3) is 6.33. The van der Waals surface area contributed by atoms with Crippen LogP contribution in [0.2, 0.25) is 18.1 Å². The fourth-order valence-electron chi connectivity index (χ4n) is 2.02. The quantitative estimate of drug-likeness (QED) is 0.499. The molecule has 21 heavy (non-hydrogen) atoms. The predicted molar refractivity (Wildman–Crippen MR) is 95.2 cm³/mol. The average Bonchev–Trinajstić information content (AvgIpc) is 2.42. The van der Waals surface area contributed by atoms with Gasteiger partial charge in [0.25, 0.3) is 0 Å². The van der Waals surface area contributed by atoms with E-state index in [0.717, 1.165) is 32.7 Å². The topological polar surface area (TPSA) is 12.5 Å². The first-order chi connectivity index (χ1) is 9.76. The van der Waals surface area contributed by atoms with Crippen molar-refractivity contribution in [2.24, 2.45) is 0 Å². The number of benzene rings is 1. The van der Waals surface area contributed by atoms with Gasteiger partial charge in [0.1, 0.15) is 0 Å². The van der Waals surface area contributed by atoms with E-state index in [-0.39, 0.29) is 0 Å². The maximum Gasteiger partial charge on any atom is 0.191 e. The minimum atomic E-state index is -1.58. The van der Waals surface area contributed by atoms with Crippen molar-refractivity contribution in [1.29, 1.82) is 0 Å². The van der Waals surface area contributed by atoms with Crippen LogP contribution in [0.1, 0.15) is 39.7 Å². The molecule has 1 rings (SSSR count). The molecule has 0 aliphatic heterocycles. The van der Waals surface area contributed by atoms with Gasteiger partial charge in [-0.3, -0.25) is 4.90 Å². The summed E-state index contributed by atoms with van der Waals surface area (Å²) in [6.45, 7) is 17.9. The van der Waals surface area contributed by atoms with Crippen molar-refractivity contribution in [3.05, 3.63) is 35.9 Å². The molecule has 1 aromatic carbocycles. The fraction of sp³-hybridized carbons (Fsp3) is 0.667. The van der Waals surface area contributed by atoms with Gasteiger partial charge in [-0.2, -0.15) is 0 Å². The van der Waals surface area contributed by atoms with E-state index in [1.807, 2.05) is 0 Å². The van der Waals surface area contributed by atoms with Crippen molar-refractivity contribution < 1.29 is 4.43 Å². The van der Waals surface area contributed by atoms with Gasteiger partial charge in [-0.15, -0.1) is 0 Å². The van der Waals surface area contributed by atoms with Crippen LogP contribution in [0.5, 0.6) is 0 Å². The summed E-state index contributed by atoms with van der Waals surface area (Å²) in [4.78, 5) is 2.49. The highest BCUT2D eigenvalue weighted by Crippen LogP contribution is 2.36. The predicted octanol–water partition coefficient (Wildman–Crippen LogP) is 4.92. The first kappa shape index (κ1) is 18.4. The highest BCUT2D eigenvalue weighted by molar-refractivity contribution is 6.74. The van der Waals surface area contributed by atoms with E-state index in [4.69, 9.17) is 4.43 Å². The smallest absolute Gasteiger partial charge is 0.191 e. The van der Waals surface area contributed by atoms with E-state index in [9.17, 15) is 0 Å². The molecule has 0 fully saturated rings. The van der Waals surface area contributed by atoms with Gasteiger partial charge in [0.2, 0.25) is 0 Å². The van der Waals surface area contributed by atoms with Gasteiger partial charge in [-0.25, -0.2) is 0 Å². The van der Waals surface area contributed by atoms with Crippen molar-refractivity contribution in [3.8, 4) is 0 Å². The summed E-state index contributed by atoms with van der Waals surface area (Å²) in [5, 5.41) is 0.307. The molecule has 3 heteroatoms. The molecule has 0 aliphatic carbocycles. The maximum atomic E-state index is 6.25. The number of hydrogen-bond acceptors (Lipinski definition) is 2. The Morgan fingerprint density at radius 2 is 1.71 bits per heavy atom. The summed E-state index contributed by atoms with van der Waals surface area (Å²) >= 11 is 0. The lowest BCUT2D eigenvalue weighted by atomic mass is 10.2. The highest BCUT2D eigenvalue weighted by Gasteiger charge is 2.36. The third-order valence-electron chi connectivity index (χ3n) is 4.58. The van der Waals surface area contributed by atoms with Crippen LogP contribution >= 0.6 is 0 Å². The Morgan fingerprint density at radius 3 is 2.24 bits per heavy atom. The van der Waals surface area contributed by atoms with E-state index in [1.54, 1.807) is 0 Å². The second-order valence-corrected chi connectivity index (χ2v) is 12.1. The lowest BCUT2D eigenvalue weighted by molar-refractivity contribution is 0.226. The minimum absolute atomic E-state index is 0.307. The lowest BCUT2D eigenvalue weighted by Gasteiger charge is -2.36. The molecule has 0 saturated carbocycles. The van der Waals surface area contributed by atoms with Crippen LogP contribution in [0.3, 0.4) is 0 Å². The molecular weight excluding hydrogens is 274 g/mol. The number of nitrogens with zero attached hydrogens (tertiary/aromatic N) is 1. The van der Waals surface area contributed by atoms with Crippen LogP contribution in [0.4, 0.5) is 0 Å². The Bertz CT molecular complexity index is 397. The van der Waals surface area contributed by atoms with Crippen LogP contribution in [0.25, 0.3) is 0 Å². The Balaban J connectivity index is 2.33. The highest BCUT2D eigenvalue weighted by atomic mass is 28.4. The van der Waals surface area contributed by atoms with Crippen LogP contribution in [0, 0.1) is 0 Å². The van der Waals surface area contributed by atoms with Crippen molar-refractivity contribution >= 4 is 8.32 Å². The molecule has 0 saturated heterocycles. The van der Waals surface area contributed by atoms with Crippen molar-refractivity contribution in [3.63, 3.8) is 0 Å². The molecular formula is C18H33NOSi. The van der Waals surface area contributed by atoms with E-state index in [2.05, 4.69) is 76.0 Å². The Labute approximate surface area is 132 Å². The zero-order chi connectivity index (χ0) is 15.9. The maximum absolute atomic E-state index is 6.25. The third-order valence-corrected chi connectivity index (χ3v) is 9.12. The largest absolute Gasteiger partial charge is 0.417 e. The fourth-order valence-corrected chi connectivity index (χ4v) is 3.11. The monoisotopic (exact) mass is 307 g/mol.